The second-order valence-corrected chi connectivity index (χ2v) is 21.2. The normalized spacial score (nSPS) is 13.2. The molecule has 0 N–H and O–H groups in total. The van der Waals surface area contributed by atoms with Crippen molar-refractivity contribution < 1.29 is 4.74 Å². The van der Waals surface area contributed by atoms with E-state index >= 15 is 0 Å². The molecule has 80 heavy (non-hydrogen) atoms. The Morgan fingerprint density at radius 1 is 0.275 bits per heavy atom. The summed E-state index contributed by atoms with van der Waals surface area (Å²) in [4.78, 5) is 9.92. The van der Waals surface area contributed by atoms with Crippen molar-refractivity contribution in [2.75, 3.05) is 19.6 Å². The summed E-state index contributed by atoms with van der Waals surface area (Å²) < 4.78 is 9.69. The van der Waals surface area contributed by atoms with Gasteiger partial charge in [-0.2, -0.15) is 0 Å². The van der Waals surface area contributed by atoms with Gasteiger partial charge >= 0.3 is 0 Å². The van der Waals surface area contributed by atoms with Crippen LogP contribution in [0.15, 0.2) is 285 Å². The average Bonchev–Trinajstić information content (AvgIpc) is 4.01. The summed E-state index contributed by atoms with van der Waals surface area (Å²) in [5.74, 6) is 1.72. The molecule has 0 fully saturated rings. The molecule has 1 aromatic heterocycles. The monoisotopic (exact) mass is 1020 g/mol. The van der Waals surface area contributed by atoms with E-state index in [1.807, 2.05) is 0 Å². The van der Waals surface area contributed by atoms with Crippen molar-refractivity contribution in [2.45, 2.75) is 0 Å². The van der Waals surface area contributed by atoms with Crippen molar-refractivity contribution in [3.8, 4) is 17.2 Å². The van der Waals surface area contributed by atoms with E-state index in [-0.39, 0.29) is 13.4 Å². The number of hydrogen-bond donors (Lipinski definition) is 0. The zero-order valence-corrected chi connectivity index (χ0v) is 43.4. The van der Waals surface area contributed by atoms with Gasteiger partial charge in [0.1, 0.15) is 11.5 Å². The number of rotatable bonds is 7. The van der Waals surface area contributed by atoms with E-state index in [1.165, 1.54) is 49.3 Å². The van der Waals surface area contributed by atoms with Gasteiger partial charge in [0, 0.05) is 79.4 Å². The van der Waals surface area contributed by atoms with Gasteiger partial charge in [0.2, 0.25) is 0 Å². The van der Waals surface area contributed by atoms with Gasteiger partial charge in [-0.1, -0.05) is 170 Å². The Labute approximate surface area is 465 Å². The van der Waals surface area contributed by atoms with Crippen LogP contribution in [0.2, 0.25) is 0 Å². The highest BCUT2D eigenvalue weighted by atomic mass is 16.5. The third-order valence-corrected chi connectivity index (χ3v) is 16.9. The molecule has 17 rings (SSSR count). The zero-order valence-electron chi connectivity index (χ0n) is 43.4. The fourth-order valence-corrected chi connectivity index (χ4v) is 13.7. The van der Waals surface area contributed by atoms with Crippen molar-refractivity contribution >= 4 is 136 Å². The highest BCUT2D eigenvalue weighted by molar-refractivity contribution is 7.02. The van der Waals surface area contributed by atoms with Gasteiger partial charge < -0.3 is 28.9 Å². The number of benzene rings is 12. The van der Waals surface area contributed by atoms with Crippen LogP contribution in [-0.2, 0) is 0 Å². The molecule has 4 aliphatic rings. The molecule has 372 valence electrons. The highest BCUT2D eigenvalue weighted by Gasteiger charge is 2.48. The SMILES string of the molecule is c1ccc(N(c2ccccc2)c2cc3c4c(c2)N(c2ccccc2)c2cc5c(cc2B4c2ccccc2O3)B2c3ccccc3N(c3ccccc3)c3cc(-n4c6ccccc6c6ccccc64)cc(c32)N5c2ccccc2)cc1. The van der Waals surface area contributed by atoms with Crippen LogP contribution in [0, 0.1) is 0 Å². The second kappa shape index (κ2) is 17.5. The van der Waals surface area contributed by atoms with Crippen LogP contribution in [0.4, 0.5) is 68.2 Å². The Kier molecular flexibility index (Phi) is 9.80. The minimum absolute atomic E-state index is 0.127. The summed E-state index contributed by atoms with van der Waals surface area (Å²) in [6.07, 6.45) is 0. The third-order valence-electron chi connectivity index (χ3n) is 16.9. The van der Waals surface area contributed by atoms with Gasteiger partial charge in [-0.3, -0.25) is 0 Å². The maximum Gasteiger partial charge on any atom is 0.256 e. The fraction of sp³-hybridized carbons (Fsp3) is 0. The molecule has 0 saturated carbocycles. The maximum atomic E-state index is 7.21. The fourth-order valence-electron chi connectivity index (χ4n) is 13.7. The summed E-state index contributed by atoms with van der Waals surface area (Å²) in [6, 6.07) is 104. The summed E-state index contributed by atoms with van der Waals surface area (Å²) in [6.45, 7) is -0.276. The minimum atomic E-state index is -0.149. The van der Waals surface area contributed by atoms with E-state index in [1.54, 1.807) is 0 Å². The predicted octanol–water partition coefficient (Wildman–Crippen LogP) is 14.7. The quantitative estimate of drug-likeness (QED) is 0.148. The first-order valence-corrected chi connectivity index (χ1v) is 27.6. The molecule has 5 heterocycles. The Bertz CT molecular complexity index is 4520. The van der Waals surface area contributed by atoms with Crippen LogP contribution in [0.5, 0.6) is 11.5 Å². The van der Waals surface area contributed by atoms with Crippen LogP contribution in [0.25, 0.3) is 27.5 Å². The summed E-state index contributed by atoms with van der Waals surface area (Å²) in [7, 11) is 0. The van der Waals surface area contributed by atoms with Crippen molar-refractivity contribution in [1.29, 1.82) is 0 Å². The van der Waals surface area contributed by atoms with E-state index in [9.17, 15) is 0 Å². The average molecular weight is 1020 g/mol. The molecule has 8 heteroatoms. The lowest BCUT2D eigenvalue weighted by atomic mass is 9.30. The van der Waals surface area contributed by atoms with E-state index in [4.69, 9.17) is 4.74 Å². The smallest absolute Gasteiger partial charge is 0.256 e. The van der Waals surface area contributed by atoms with Gasteiger partial charge in [0.15, 0.2) is 0 Å². The Balaban J connectivity index is 0.988. The molecule has 12 aromatic carbocycles. The van der Waals surface area contributed by atoms with Crippen LogP contribution in [0.3, 0.4) is 0 Å². The summed E-state index contributed by atoms with van der Waals surface area (Å²) >= 11 is 0. The second-order valence-electron chi connectivity index (χ2n) is 21.2. The minimum Gasteiger partial charge on any atom is -0.458 e. The molecular formula is C72H47B2N5O. The third kappa shape index (κ3) is 6.56. The van der Waals surface area contributed by atoms with Crippen LogP contribution in [-0.4, -0.2) is 18.0 Å². The molecule has 0 unspecified atom stereocenters. The first-order chi connectivity index (χ1) is 39.7. The molecule has 13 aromatic rings. The number of hydrogen-bond acceptors (Lipinski definition) is 5. The van der Waals surface area contributed by atoms with Crippen LogP contribution >= 0.6 is 0 Å². The summed E-state index contributed by atoms with van der Waals surface area (Å²) in [5, 5.41) is 2.46. The molecule has 0 amide bonds. The Hall–Kier alpha value is -10.4. The molecule has 0 aliphatic carbocycles. The van der Waals surface area contributed by atoms with Gasteiger partial charge in [0.05, 0.1) is 22.4 Å². The van der Waals surface area contributed by atoms with Gasteiger partial charge in [-0.15, -0.1) is 0 Å². The number of aromatic nitrogens is 1. The number of nitrogens with zero attached hydrogens (tertiary/aromatic N) is 5. The molecular weight excluding hydrogens is 972 g/mol. The molecule has 0 atom stereocenters. The molecule has 6 nitrogen and oxygen atoms in total. The lowest BCUT2D eigenvalue weighted by Gasteiger charge is -2.46. The van der Waals surface area contributed by atoms with Gasteiger partial charge in [0.25, 0.3) is 13.4 Å². The van der Waals surface area contributed by atoms with Gasteiger partial charge in [-0.25, -0.2) is 0 Å². The number of fused-ring (bicyclic) bond motifs is 11. The largest absolute Gasteiger partial charge is 0.458 e. The lowest BCUT2D eigenvalue weighted by molar-refractivity contribution is 0.487. The number of para-hydroxylation sites is 9. The van der Waals surface area contributed by atoms with E-state index in [2.05, 4.69) is 309 Å². The van der Waals surface area contributed by atoms with Crippen LogP contribution in [0.1, 0.15) is 0 Å². The molecule has 0 saturated heterocycles. The standard InChI is InChI=1S/C72H47B2N5O/c1-6-24-48(25-7-1)75(49-26-8-2-9-27-49)54-44-68-72-70(45-54)80-69-41-23-19-37-58(69)74(72)60-46-59-64(47-65(60)78(68)52-32-14-5-15-33-52)77(51-30-12-4-13-31-51)67-43-53(79-61-38-20-16-34-55(61)56-35-17-21-39-62(56)79)42-66-71(67)73(59)57-36-18-22-40-63(57)76(66)50-28-10-3-11-29-50/h1-47H. The first-order valence-electron chi connectivity index (χ1n) is 27.6. The first kappa shape index (κ1) is 44.7. The number of anilines is 12. The van der Waals surface area contributed by atoms with Crippen molar-refractivity contribution in [3.63, 3.8) is 0 Å². The Morgan fingerprint density at radius 3 is 1.27 bits per heavy atom. The number of ether oxygens (including phenoxy) is 1. The molecule has 0 spiro atoms. The van der Waals surface area contributed by atoms with E-state index < -0.39 is 0 Å². The predicted molar refractivity (Wildman–Crippen MR) is 335 cm³/mol. The van der Waals surface area contributed by atoms with E-state index in [0.717, 1.165) is 90.7 Å². The van der Waals surface area contributed by atoms with Crippen molar-refractivity contribution in [2.24, 2.45) is 0 Å². The van der Waals surface area contributed by atoms with Crippen molar-refractivity contribution in [1.82, 2.24) is 4.57 Å². The zero-order chi connectivity index (χ0) is 52.4. The maximum absolute atomic E-state index is 7.21. The summed E-state index contributed by atoms with van der Waals surface area (Å²) in [5.41, 5.74) is 23.9. The topological polar surface area (TPSA) is 27.1 Å². The lowest BCUT2D eigenvalue weighted by Crippen LogP contribution is -2.64. The molecule has 0 radical (unpaired) electrons. The van der Waals surface area contributed by atoms with Crippen LogP contribution < -0.4 is 57.1 Å². The highest BCUT2D eigenvalue weighted by Crippen LogP contribution is 2.50. The molecule has 0 bridgehead atoms. The Morgan fingerprint density at radius 2 is 0.713 bits per heavy atom. The van der Waals surface area contributed by atoms with E-state index in [0.29, 0.717) is 0 Å². The molecule has 4 aliphatic heterocycles. The van der Waals surface area contributed by atoms with Gasteiger partial charge in [-0.05, 0) is 142 Å². The van der Waals surface area contributed by atoms with Crippen molar-refractivity contribution in [3.05, 3.63) is 285 Å².